The minimum Gasteiger partial charge on any atom is -0.492 e. The highest BCUT2D eigenvalue weighted by Crippen LogP contribution is 2.30. The Morgan fingerprint density at radius 1 is 1.28 bits per heavy atom. The van der Waals surface area contributed by atoms with Gasteiger partial charge in [0, 0.05) is 6.54 Å². The van der Waals surface area contributed by atoms with Crippen LogP contribution in [0.4, 0.5) is 0 Å². The average molecular weight is 269 g/mol. The minimum absolute atomic E-state index is 0.297. The second kappa shape index (κ2) is 5.71. The molecule has 5 heteroatoms. The second-order valence-electron chi connectivity index (χ2n) is 4.64. The first-order valence-corrected chi connectivity index (χ1v) is 8.06. The zero-order valence-electron chi connectivity index (χ0n) is 10.3. The molecule has 1 heterocycles. The Labute approximate surface area is 108 Å². The highest BCUT2D eigenvalue weighted by Gasteiger charge is 2.24. The number of ether oxygens (including phenoxy) is 1. The van der Waals surface area contributed by atoms with Crippen LogP contribution in [0.3, 0.4) is 0 Å². The van der Waals surface area contributed by atoms with Crippen LogP contribution in [0.2, 0.25) is 0 Å². The molecule has 1 aliphatic rings. The van der Waals surface area contributed by atoms with Gasteiger partial charge in [-0.05, 0) is 36.5 Å². The molecule has 2 N–H and O–H groups in total. The van der Waals surface area contributed by atoms with Gasteiger partial charge in [0.2, 0.25) is 0 Å². The number of nitrogens with two attached hydrogens (primary N) is 1. The third-order valence-electron chi connectivity index (χ3n) is 3.27. The molecule has 1 aromatic rings. The van der Waals surface area contributed by atoms with Gasteiger partial charge in [-0.25, -0.2) is 8.42 Å². The monoisotopic (exact) mass is 269 g/mol. The maximum atomic E-state index is 11.4. The van der Waals surface area contributed by atoms with Crippen LogP contribution in [0.5, 0.6) is 5.75 Å². The van der Waals surface area contributed by atoms with Crippen molar-refractivity contribution >= 4 is 9.84 Å². The Bertz CT molecular complexity index is 485. The predicted molar refractivity (Wildman–Crippen MR) is 71.6 cm³/mol. The van der Waals surface area contributed by atoms with E-state index in [-0.39, 0.29) is 0 Å². The Morgan fingerprint density at radius 2 is 2.00 bits per heavy atom. The molecule has 1 aliphatic heterocycles. The lowest BCUT2D eigenvalue weighted by Crippen LogP contribution is -2.22. The van der Waals surface area contributed by atoms with Crippen molar-refractivity contribution < 1.29 is 13.2 Å². The van der Waals surface area contributed by atoms with E-state index in [0.29, 0.717) is 43.4 Å². The fourth-order valence-electron chi connectivity index (χ4n) is 2.26. The molecule has 0 aromatic heterocycles. The van der Waals surface area contributed by atoms with Gasteiger partial charge in [-0.3, -0.25) is 0 Å². The van der Waals surface area contributed by atoms with E-state index in [1.165, 1.54) is 5.56 Å². The van der Waals surface area contributed by atoms with Crippen molar-refractivity contribution in [3.05, 3.63) is 29.8 Å². The molecule has 0 amide bonds. The highest BCUT2D eigenvalue weighted by atomic mass is 32.2. The zero-order chi connectivity index (χ0) is 13.0. The van der Waals surface area contributed by atoms with E-state index >= 15 is 0 Å². The van der Waals surface area contributed by atoms with Crippen LogP contribution in [-0.4, -0.2) is 33.1 Å². The van der Waals surface area contributed by atoms with Gasteiger partial charge in [0.15, 0.2) is 0 Å². The van der Waals surface area contributed by atoms with Crippen LogP contribution in [0.25, 0.3) is 0 Å². The summed E-state index contributed by atoms with van der Waals surface area (Å²) < 4.78 is 28.3. The summed E-state index contributed by atoms with van der Waals surface area (Å²) in [6.45, 7) is 0.994. The van der Waals surface area contributed by atoms with Crippen molar-refractivity contribution in [2.24, 2.45) is 5.73 Å². The van der Waals surface area contributed by atoms with Gasteiger partial charge in [-0.1, -0.05) is 12.1 Å². The van der Waals surface area contributed by atoms with Crippen molar-refractivity contribution in [3.8, 4) is 5.75 Å². The Morgan fingerprint density at radius 3 is 2.67 bits per heavy atom. The molecular formula is C13H19NO3S. The van der Waals surface area contributed by atoms with E-state index in [1.807, 2.05) is 24.3 Å². The molecule has 0 unspecified atom stereocenters. The Hall–Kier alpha value is -1.07. The third-order valence-corrected chi connectivity index (χ3v) is 4.99. The second-order valence-corrected chi connectivity index (χ2v) is 6.94. The number of sulfone groups is 1. The van der Waals surface area contributed by atoms with Crippen LogP contribution in [-0.2, 0) is 9.84 Å². The van der Waals surface area contributed by atoms with E-state index in [0.717, 1.165) is 5.75 Å². The van der Waals surface area contributed by atoms with Gasteiger partial charge in [-0.15, -0.1) is 0 Å². The molecule has 1 fully saturated rings. The fraction of sp³-hybridized carbons (Fsp3) is 0.538. The molecule has 0 aliphatic carbocycles. The molecule has 0 atom stereocenters. The van der Waals surface area contributed by atoms with E-state index in [2.05, 4.69) is 0 Å². The summed E-state index contributed by atoms with van der Waals surface area (Å²) >= 11 is 0. The molecule has 4 nitrogen and oxygen atoms in total. The average Bonchev–Trinajstić information content (AvgIpc) is 2.37. The molecular weight excluding hydrogens is 250 g/mol. The lowest BCUT2D eigenvalue weighted by molar-refractivity contribution is 0.327. The quantitative estimate of drug-likeness (QED) is 0.895. The Kier molecular flexibility index (Phi) is 4.24. The standard InChI is InChI=1S/C13H19NO3S/c14-6-7-17-13-3-1-2-12(10-13)11-4-8-18(15,16)9-5-11/h1-3,10-11H,4-9,14H2. The van der Waals surface area contributed by atoms with Crippen molar-refractivity contribution in [2.75, 3.05) is 24.7 Å². The van der Waals surface area contributed by atoms with Crippen LogP contribution in [0, 0.1) is 0 Å². The molecule has 100 valence electrons. The van der Waals surface area contributed by atoms with Gasteiger partial charge in [-0.2, -0.15) is 0 Å². The molecule has 1 aromatic carbocycles. The topological polar surface area (TPSA) is 69.4 Å². The highest BCUT2D eigenvalue weighted by molar-refractivity contribution is 7.91. The maximum Gasteiger partial charge on any atom is 0.150 e. The normalized spacial score (nSPS) is 19.6. The van der Waals surface area contributed by atoms with Crippen molar-refractivity contribution in [1.82, 2.24) is 0 Å². The summed E-state index contributed by atoms with van der Waals surface area (Å²) in [5.74, 6) is 1.73. The van der Waals surface area contributed by atoms with Gasteiger partial charge in [0.05, 0.1) is 11.5 Å². The van der Waals surface area contributed by atoms with Crippen molar-refractivity contribution in [3.63, 3.8) is 0 Å². The van der Waals surface area contributed by atoms with E-state index in [4.69, 9.17) is 10.5 Å². The zero-order valence-corrected chi connectivity index (χ0v) is 11.2. The van der Waals surface area contributed by atoms with Crippen LogP contribution >= 0.6 is 0 Å². The van der Waals surface area contributed by atoms with Crippen LogP contribution in [0.15, 0.2) is 24.3 Å². The Balaban J connectivity index is 2.05. The summed E-state index contributed by atoms with van der Waals surface area (Å²) in [6, 6.07) is 7.89. The molecule has 1 saturated heterocycles. The van der Waals surface area contributed by atoms with Crippen molar-refractivity contribution in [2.45, 2.75) is 18.8 Å². The predicted octanol–water partition coefficient (Wildman–Crippen LogP) is 1.32. The summed E-state index contributed by atoms with van der Waals surface area (Å²) in [4.78, 5) is 0. The van der Waals surface area contributed by atoms with Crippen molar-refractivity contribution in [1.29, 1.82) is 0 Å². The third kappa shape index (κ3) is 3.46. The first-order chi connectivity index (χ1) is 8.61. The summed E-state index contributed by atoms with van der Waals surface area (Å²) in [7, 11) is -2.80. The molecule has 0 bridgehead atoms. The molecule has 0 spiro atoms. The molecule has 2 rings (SSSR count). The maximum absolute atomic E-state index is 11.4. The lowest BCUT2D eigenvalue weighted by Gasteiger charge is -2.22. The smallest absolute Gasteiger partial charge is 0.150 e. The van der Waals surface area contributed by atoms with Gasteiger partial charge < -0.3 is 10.5 Å². The molecule has 0 saturated carbocycles. The van der Waals surface area contributed by atoms with E-state index in [9.17, 15) is 8.42 Å². The molecule has 18 heavy (non-hydrogen) atoms. The molecule has 0 radical (unpaired) electrons. The lowest BCUT2D eigenvalue weighted by atomic mass is 9.93. The fourth-order valence-corrected chi connectivity index (χ4v) is 3.75. The first kappa shape index (κ1) is 13.4. The van der Waals surface area contributed by atoms with Gasteiger partial charge >= 0.3 is 0 Å². The first-order valence-electron chi connectivity index (χ1n) is 6.24. The number of hydrogen-bond donors (Lipinski definition) is 1. The number of benzene rings is 1. The number of rotatable bonds is 4. The largest absolute Gasteiger partial charge is 0.492 e. The SMILES string of the molecule is NCCOc1cccc(C2CCS(=O)(=O)CC2)c1. The summed E-state index contributed by atoms with van der Waals surface area (Å²) in [5, 5.41) is 0. The van der Waals surface area contributed by atoms with E-state index < -0.39 is 9.84 Å². The minimum atomic E-state index is -2.80. The number of hydrogen-bond acceptors (Lipinski definition) is 4. The summed E-state index contributed by atoms with van der Waals surface area (Å²) in [5.41, 5.74) is 6.56. The van der Waals surface area contributed by atoms with Crippen LogP contribution < -0.4 is 10.5 Å². The van der Waals surface area contributed by atoms with Gasteiger partial charge in [0.25, 0.3) is 0 Å². The van der Waals surface area contributed by atoms with Gasteiger partial charge in [0.1, 0.15) is 22.2 Å². The van der Waals surface area contributed by atoms with E-state index in [1.54, 1.807) is 0 Å². The van der Waals surface area contributed by atoms with Crippen LogP contribution in [0.1, 0.15) is 24.3 Å². The summed E-state index contributed by atoms with van der Waals surface area (Å²) in [6.07, 6.45) is 1.42.